The van der Waals surface area contributed by atoms with E-state index in [-0.39, 0.29) is 22.9 Å². The van der Waals surface area contributed by atoms with Crippen LogP contribution in [0.2, 0.25) is 0 Å². The van der Waals surface area contributed by atoms with Gasteiger partial charge in [-0.1, -0.05) is 43.3 Å². The molecule has 0 bridgehead atoms. The fourth-order valence-electron chi connectivity index (χ4n) is 3.80. The van der Waals surface area contributed by atoms with Crippen LogP contribution >= 0.6 is 23.1 Å². The first-order valence-electron chi connectivity index (χ1n) is 12.9. The van der Waals surface area contributed by atoms with Crippen molar-refractivity contribution in [3.63, 3.8) is 0 Å². The molecule has 1 atom stereocenters. The fourth-order valence-corrected chi connectivity index (χ4v) is 5.51. The number of thiazole rings is 1. The summed E-state index contributed by atoms with van der Waals surface area (Å²) >= 11 is 2.70. The number of aryl methyl sites for hydroxylation is 1. The quantitative estimate of drug-likeness (QED) is 0.0795. The zero-order valence-corrected chi connectivity index (χ0v) is 24.3. The van der Waals surface area contributed by atoms with Gasteiger partial charge in [-0.3, -0.25) is 24.5 Å². The van der Waals surface area contributed by atoms with E-state index in [1.54, 1.807) is 54.6 Å². The number of carbonyl (C=O) groups excluding carboxylic acids is 3. The van der Waals surface area contributed by atoms with E-state index in [1.165, 1.54) is 47.4 Å². The Kier molecular flexibility index (Phi) is 10.2. The number of hydrogen-bond acceptors (Lipinski definition) is 8. The van der Waals surface area contributed by atoms with E-state index in [9.17, 15) is 24.5 Å². The predicted molar refractivity (Wildman–Crippen MR) is 165 cm³/mol. The van der Waals surface area contributed by atoms with Gasteiger partial charge in [0, 0.05) is 27.6 Å². The summed E-state index contributed by atoms with van der Waals surface area (Å²) in [5.74, 6) is -1.40. The van der Waals surface area contributed by atoms with Crippen molar-refractivity contribution in [1.82, 2.24) is 10.3 Å². The number of carbonyl (C=O) groups is 3. The molecule has 1 heterocycles. The van der Waals surface area contributed by atoms with Gasteiger partial charge in [0.25, 0.3) is 17.5 Å². The second kappa shape index (κ2) is 14.2. The van der Waals surface area contributed by atoms with E-state index in [0.29, 0.717) is 22.8 Å². The minimum atomic E-state index is -0.677. The highest BCUT2D eigenvalue weighted by Gasteiger charge is 2.21. The smallest absolute Gasteiger partial charge is 0.276 e. The summed E-state index contributed by atoms with van der Waals surface area (Å²) in [4.78, 5) is 55.2. The van der Waals surface area contributed by atoms with Crippen LogP contribution in [0, 0.1) is 17.0 Å². The third kappa shape index (κ3) is 8.12. The number of benzene rings is 3. The molecule has 0 aliphatic carbocycles. The molecule has 4 rings (SSSR count). The first-order chi connectivity index (χ1) is 20.2. The number of hydrogen-bond donors (Lipinski definition) is 3. The predicted octanol–water partition coefficient (Wildman–Crippen LogP) is 6.28. The van der Waals surface area contributed by atoms with Crippen LogP contribution in [0.1, 0.15) is 35.0 Å². The van der Waals surface area contributed by atoms with Crippen molar-refractivity contribution in [3.8, 4) is 0 Å². The van der Waals surface area contributed by atoms with Gasteiger partial charge in [0.2, 0.25) is 5.91 Å². The van der Waals surface area contributed by atoms with Crippen molar-refractivity contribution < 1.29 is 19.3 Å². The first kappa shape index (κ1) is 30.2. The van der Waals surface area contributed by atoms with Crippen LogP contribution in [0.15, 0.2) is 94.8 Å². The highest BCUT2D eigenvalue weighted by molar-refractivity contribution is 8.00. The number of nitro groups is 1. The third-order valence-electron chi connectivity index (χ3n) is 5.84. The Morgan fingerprint density at radius 1 is 1.02 bits per heavy atom. The summed E-state index contributed by atoms with van der Waals surface area (Å²) < 4.78 is 0. The Morgan fingerprint density at radius 2 is 1.76 bits per heavy atom. The van der Waals surface area contributed by atoms with Gasteiger partial charge in [0.15, 0.2) is 5.13 Å². The minimum absolute atomic E-state index is 0.151. The molecule has 42 heavy (non-hydrogen) atoms. The Hall–Kier alpha value is -4.81. The lowest BCUT2D eigenvalue weighted by Crippen LogP contribution is -2.30. The standard InChI is InChI=1S/C30H27N5O5S2/c1-3-26(29(38)34-30-31-19(2)18-41-30)42-23-14-9-13-22(17-23)32-28(37)24(33-27(36)20-10-5-4-6-11-20)16-21-12-7-8-15-25(21)35(39)40/h4-18,26H,3H2,1-2H3,(H,32,37)(H,33,36)(H,31,34,38)/b24-16+. The summed E-state index contributed by atoms with van der Waals surface area (Å²) in [6, 6.07) is 21.2. The number of para-hydroxylation sites is 1. The number of amides is 3. The molecule has 0 fully saturated rings. The van der Waals surface area contributed by atoms with E-state index in [2.05, 4.69) is 20.9 Å². The highest BCUT2D eigenvalue weighted by atomic mass is 32.2. The van der Waals surface area contributed by atoms with E-state index in [0.717, 1.165) is 10.6 Å². The summed E-state index contributed by atoms with van der Waals surface area (Å²) in [7, 11) is 0. The van der Waals surface area contributed by atoms with Gasteiger partial charge in [-0.15, -0.1) is 23.1 Å². The van der Waals surface area contributed by atoms with Crippen LogP contribution in [0.3, 0.4) is 0 Å². The average Bonchev–Trinajstić information content (AvgIpc) is 3.40. The van der Waals surface area contributed by atoms with Gasteiger partial charge in [0.05, 0.1) is 21.4 Å². The maximum Gasteiger partial charge on any atom is 0.276 e. The molecule has 0 spiro atoms. The molecule has 0 saturated carbocycles. The zero-order chi connectivity index (χ0) is 30.1. The van der Waals surface area contributed by atoms with Gasteiger partial charge in [-0.2, -0.15) is 0 Å². The second-order valence-electron chi connectivity index (χ2n) is 8.97. The van der Waals surface area contributed by atoms with Crippen molar-refractivity contribution in [2.24, 2.45) is 0 Å². The third-order valence-corrected chi connectivity index (χ3v) is 8.08. The molecule has 3 N–H and O–H groups in total. The van der Waals surface area contributed by atoms with Crippen molar-refractivity contribution in [2.45, 2.75) is 30.4 Å². The molecule has 3 amide bonds. The number of nitrogens with zero attached hydrogens (tertiary/aromatic N) is 2. The fraction of sp³-hybridized carbons (Fsp3) is 0.133. The molecule has 10 nitrogen and oxygen atoms in total. The van der Waals surface area contributed by atoms with Crippen molar-refractivity contribution in [3.05, 3.63) is 117 Å². The van der Waals surface area contributed by atoms with Crippen LogP contribution < -0.4 is 16.0 Å². The molecule has 12 heteroatoms. The van der Waals surface area contributed by atoms with Gasteiger partial charge in [-0.25, -0.2) is 4.98 Å². The normalized spacial score (nSPS) is 11.8. The van der Waals surface area contributed by atoms with Gasteiger partial charge in [0.1, 0.15) is 5.70 Å². The second-order valence-corrected chi connectivity index (χ2v) is 11.1. The van der Waals surface area contributed by atoms with Crippen LogP contribution in [0.5, 0.6) is 0 Å². The maximum atomic E-state index is 13.4. The largest absolute Gasteiger partial charge is 0.321 e. The summed E-state index contributed by atoms with van der Waals surface area (Å²) in [6.45, 7) is 3.76. The zero-order valence-electron chi connectivity index (χ0n) is 22.7. The summed E-state index contributed by atoms with van der Waals surface area (Å²) in [5.41, 5.74) is 1.31. The number of nitro benzene ring substituents is 1. The van der Waals surface area contributed by atoms with Crippen LogP contribution in [0.4, 0.5) is 16.5 Å². The SMILES string of the molecule is CCC(Sc1cccc(NC(=O)/C(=C\c2ccccc2[N+](=O)[O-])NC(=O)c2ccccc2)c1)C(=O)Nc1nc(C)cs1. The molecule has 0 radical (unpaired) electrons. The minimum Gasteiger partial charge on any atom is -0.321 e. The average molecular weight is 602 g/mol. The van der Waals surface area contributed by atoms with Crippen molar-refractivity contribution >= 4 is 63.4 Å². The van der Waals surface area contributed by atoms with Gasteiger partial charge in [-0.05, 0) is 55.8 Å². The van der Waals surface area contributed by atoms with E-state index >= 15 is 0 Å². The van der Waals surface area contributed by atoms with E-state index in [4.69, 9.17) is 0 Å². The Balaban J connectivity index is 1.55. The molecule has 1 unspecified atom stereocenters. The monoisotopic (exact) mass is 601 g/mol. The number of nitrogens with one attached hydrogen (secondary N) is 3. The first-order valence-corrected chi connectivity index (χ1v) is 14.6. The molecule has 0 saturated heterocycles. The van der Waals surface area contributed by atoms with Crippen molar-refractivity contribution in [1.29, 1.82) is 0 Å². The van der Waals surface area contributed by atoms with Crippen molar-refractivity contribution in [2.75, 3.05) is 10.6 Å². The summed E-state index contributed by atoms with van der Waals surface area (Å²) in [5, 5.41) is 21.7. The lowest BCUT2D eigenvalue weighted by Gasteiger charge is -2.15. The number of thioether (sulfide) groups is 1. The molecule has 214 valence electrons. The molecule has 0 aliphatic rings. The van der Waals surface area contributed by atoms with Gasteiger partial charge >= 0.3 is 0 Å². The molecule has 4 aromatic rings. The lowest BCUT2D eigenvalue weighted by molar-refractivity contribution is -0.385. The molecule has 1 aromatic heterocycles. The number of aromatic nitrogens is 1. The molecular weight excluding hydrogens is 574 g/mol. The summed E-state index contributed by atoms with van der Waals surface area (Å²) in [6.07, 6.45) is 1.83. The number of rotatable bonds is 11. The van der Waals surface area contributed by atoms with E-state index < -0.39 is 22.0 Å². The Morgan fingerprint density at radius 3 is 2.45 bits per heavy atom. The Bertz CT molecular complexity index is 1640. The van der Waals surface area contributed by atoms with Crippen LogP contribution in [0.25, 0.3) is 6.08 Å². The van der Waals surface area contributed by atoms with E-state index in [1.807, 2.05) is 25.3 Å². The van der Waals surface area contributed by atoms with Crippen LogP contribution in [-0.4, -0.2) is 32.9 Å². The number of anilines is 2. The van der Waals surface area contributed by atoms with Crippen LogP contribution in [-0.2, 0) is 9.59 Å². The molecular formula is C30H27N5O5S2. The maximum absolute atomic E-state index is 13.4. The molecule has 3 aromatic carbocycles. The highest BCUT2D eigenvalue weighted by Crippen LogP contribution is 2.29. The van der Waals surface area contributed by atoms with Gasteiger partial charge < -0.3 is 16.0 Å². The molecule has 0 aliphatic heterocycles. The Labute approximate surface area is 250 Å². The topological polar surface area (TPSA) is 143 Å². The lowest BCUT2D eigenvalue weighted by atomic mass is 10.1.